The first kappa shape index (κ1) is 10.4. The molecule has 0 saturated heterocycles. The van der Waals surface area contributed by atoms with Crippen LogP contribution in [0.4, 0.5) is 14.5 Å². The largest absolute Gasteiger partial charge is 0.398 e. The smallest absolute Gasteiger partial charge is 0.323 e. The van der Waals surface area contributed by atoms with E-state index in [9.17, 15) is 8.78 Å². The number of hydrogen-bond acceptors (Lipinski definition) is 2. The number of rotatable bonds is 2. The molecule has 0 amide bonds. The van der Waals surface area contributed by atoms with Crippen LogP contribution in [-0.4, -0.2) is 6.21 Å². The zero-order chi connectivity index (χ0) is 10.1. The highest BCUT2D eigenvalue weighted by atomic mass is 127. The summed E-state index contributed by atoms with van der Waals surface area (Å²) >= 11 is 1.01. The van der Waals surface area contributed by atoms with Crippen LogP contribution in [0.3, 0.4) is 0 Å². The SMILES string of the molecule is N=Cc1ccc(N)c(C(F)(F)I)c1. The molecule has 0 atom stereocenters. The molecule has 1 aromatic carbocycles. The summed E-state index contributed by atoms with van der Waals surface area (Å²) in [4.78, 5) is 0. The fraction of sp³-hybridized carbons (Fsp3) is 0.125. The standard InChI is InChI=1S/C8H7F2IN2/c9-8(10,11)6-3-5(4-12)1-2-7(6)13/h1-4,12H,13H2. The van der Waals surface area contributed by atoms with Crippen molar-refractivity contribution in [1.29, 1.82) is 5.41 Å². The van der Waals surface area contributed by atoms with Gasteiger partial charge in [-0.15, -0.1) is 0 Å². The lowest BCUT2D eigenvalue weighted by molar-refractivity contribution is 0.128. The lowest BCUT2D eigenvalue weighted by atomic mass is 10.1. The van der Waals surface area contributed by atoms with Crippen LogP contribution >= 0.6 is 22.6 Å². The van der Waals surface area contributed by atoms with E-state index in [0.29, 0.717) is 5.56 Å². The minimum Gasteiger partial charge on any atom is -0.398 e. The first-order valence-corrected chi connectivity index (χ1v) is 4.50. The minimum absolute atomic E-state index is 0.0463. The number of nitrogen functional groups attached to an aromatic ring is 1. The first-order chi connectivity index (χ1) is 5.95. The summed E-state index contributed by atoms with van der Waals surface area (Å²) in [6.45, 7) is 0. The summed E-state index contributed by atoms with van der Waals surface area (Å²) in [7, 11) is 0. The molecule has 0 aliphatic rings. The molecular weight excluding hydrogens is 289 g/mol. The van der Waals surface area contributed by atoms with Gasteiger partial charge in [0, 0.05) is 34.5 Å². The van der Waals surface area contributed by atoms with Crippen molar-refractivity contribution in [2.24, 2.45) is 0 Å². The molecule has 0 aromatic heterocycles. The molecule has 0 unspecified atom stereocenters. The van der Waals surface area contributed by atoms with Gasteiger partial charge in [-0.1, -0.05) is 6.07 Å². The van der Waals surface area contributed by atoms with Crippen LogP contribution in [-0.2, 0) is 3.93 Å². The monoisotopic (exact) mass is 296 g/mol. The number of nitrogens with two attached hydrogens (primary N) is 1. The molecule has 0 fully saturated rings. The number of alkyl halides is 3. The molecule has 2 nitrogen and oxygen atoms in total. The zero-order valence-electron chi connectivity index (χ0n) is 6.52. The quantitative estimate of drug-likeness (QED) is 0.375. The predicted octanol–water partition coefficient (Wildman–Crippen LogP) is 2.75. The first-order valence-electron chi connectivity index (χ1n) is 3.42. The summed E-state index contributed by atoms with van der Waals surface area (Å²) in [5.41, 5.74) is 5.59. The van der Waals surface area contributed by atoms with Gasteiger partial charge >= 0.3 is 3.93 Å². The summed E-state index contributed by atoms with van der Waals surface area (Å²) in [5.74, 6) is 0. The number of hydrogen-bond donors (Lipinski definition) is 2. The summed E-state index contributed by atoms with van der Waals surface area (Å²) < 4.78 is 22.7. The summed E-state index contributed by atoms with van der Waals surface area (Å²) in [6.07, 6.45) is 1.01. The Bertz CT molecular complexity index is 333. The number of nitrogens with one attached hydrogen (secondary N) is 1. The Kier molecular flexibility index (Phi) is 2.84. The van der Waals surface area contributed by atoms with Crippen LogP contribution in [0.25, 0.3) is 0 Å². The van der Waals surface area contributed by atoms with E-state index in [2.05, 4.69) is 0 Å². The molecule has 3 N–H and O–H groups in total. The van der Waals surface area contributed by atoms with Gasteiger partial charge in [-0.3, -0.25) is 0 Å². The normalized spacial score (nSPS) is 11.3. The van der Waals surface area contributed by atoms with E-state index in [4.69, 9.17) is 11.1 Å². The Morgan fingerprint density at radius 1 is 1.46 bits per heavy atom. The van der Waals surface area contributed by atoms with Crippen molar-refractivity contribution in [2.45, 2.75) is 3.93 Å². The molecule has 1 rings (SSSR count). The second-order valence-electron chi connectivity index (χ2n) is 2.49. The maximum atomic E-state index is 12.9. The van der Waals surface area contributed by atoms with Gasteiger partial charge in [0.25, 0.3) is 0 Å². The Labute approximate surface area is 87.8 Å². The molecule has 1 aromatic rings. The third-order valence-electron chi connectivity index (χ3n) is 1.55. The lowest BCUT2D eigenvalue weighted by Gasteiger charge is -2.11. The van der Waals surface area contributed by atoms with Crippen molar-refractivity contribution in [3.63, 3.8) is 0 Å². The fourth-order valence-corrected chi connectivity index (χ4v) is 1.38. The average Bonchev–Trinajstić information content (AvgIpc) is 2.03. The summed E-state index contributed by atoms with van der Waals surface area (Å²) in [6, 6.07) is 4.12. The second kappa shape index (κ2) is 3.57. The Morgan fingerprint density at radius 2 is 2.08 bits per heavy atom. The third-order valence-corrected chi connectivity index (χ3v) is 2.13. The van der Waals surface area contributed by atoms with Crippen molar-refractivity contribution >= 4 is 34.5 Å². The fourth-order valence-electron chi connectivity index (χ4n) is 0.909. The van der Waals surface area contributed by atoms with Crippen LogP contribution in [0.2, 0.25) is 0 Å². The molecule has 0 bridgehead atoms. The predicted molar refractivity (Wildman–Crippen MR) is 56.7 cm³/mol. The van der Waals surface area contributed by atoms with Crippen molar-refractivity contribution in [3.05, 3.63) is 29.3 Å². The highest BCUT2D eigenvalue weighted by Gasteiger charge is 2.29. The van der Waals surface area contributed by atoms with Crippen molar-refractivity contribution in [1.82, 2.24) is 0 Å². The highest BCUT2D eigenvalue weighted by molar-refractivity contribution is 14.1. The van der Waals surface area contributed by atoms with Crippen molar-refractivity contribution in [3.8, 4) is 0 Å². The van der Waals surface area contributed by atoms with Crippen LogP contribution in [0.15, 0.2) is 18.2 Å². The molecule has 0 aliphatic carbocycles. The van der Waals surface area contributed by atoms with E-state index in [0.717, 1.165) is 28.8 Å². The Balaban J connectivity index is 3.27. The lowest BCUT2D eigenvalue weighted by Crippen LogP contribution is -2.07. The van der Waals surface area contributed by atoms with Crippen LogP contribution < -0.4 is 5.73 Å². The van der Waals surface area contributed by atoms with Crippen molar-refractivity contribution in [2.75, 3.05) is 5.73 Å². The average molecular weight is 296 g/mol. The molecule has 13 heavy (non-hydrogen) atoms. The molecule has 0 spiro atoms. The van der Waals surface area contributed by atoms with Crippen LogP contribution in [0, 0.1) is 5.41 Å². The molecule has 70 valence electrons. The van der Waals surface area contributed by atoms with E-state index < -0.39 is 3.93 Å². The zero-order valence-corrected chi connectivity index (χ0v) is 8.68. The van der Waals surface area contributed by atoms with Gasteiger partial charge in [0.15, 0.2) is 0 Å². The molecule has 0 aliphatic heterocycles. The second-order valence-corrected chi connectivity index (χ2v) is 3.84. The van der Waals surface area contributed by atoms with E-state index in [-0.39, 0.29) is 11.3 Å². The molecular formula is C8H7F2IN2. The van der Waals surface area contributed by atoms with Gasteiger partial charge < -0.3 is 11.1 Å². The number of halogens is 3. The molecule has 5 heteroatoms. The molecule has 0 heterocycles. The Hall–Kier alpha value is -0.720. The van der Waals surface area contributed by atoms with E-state index in [1.54, 1.807) is 0 Å². The number of anilines is 1. The van der Waals surface area contributed by atoms with Gasteiger partial charge in [-0.2, -0.15) is 8.78 Å². The number of benzene rings is 1. The van der Waals surface area contributed by atoms with E-state index >= 15 is 0 Å². The maximum Gasteiger partial charge on any atom is 0.323 e. The van der Waals surface area contributed by atoms with E-state index in [1.807, 2.05) is 0 Å². The minimum atomic E-state index is -2.99. The topological polar surface area (TPSA) is 49.9 Å². The van der Waals surface area contributed by atoms with Crippen LogP contribution in [0.1, 0.15) is 11.1 Å². The van der Waals surface area contributed by atoms with E-state index in [1.165, 1.54) is 18.2 Å². The Morgan fingerprint density at radius 3 is 2.54 bits per heavy atom. The molecule has 0 saturated carbocycles. The van der Waals surface area contributed by atoms with Crippen molar-refractivity contribution < 1.29 is 8.78 Å². The third kappa shape index (κ3) is 2.36. The highest BCUT2D eigenvalue weighted by Crippen LogP contribution is 2.38. The summed E-state index contributed by atoms with van der Waals surface area (Å²) in [5, 5.41) is 6.90. The maximum absolute atomic E-state index is 12.9. The van der Waals surface area contributed by atoms with Gasteiger partial charge in [-0.05, 0) is 17.7 Å². The van der Waals surface area contributed by atoms with Gasteiger partial charge in [0.05, 0.1) is 5.56 Å². The molecule has 0 radical (unpaired) electrons. The van der Waals surface area contributed by atoms with Gasteiger partial charge in [-0.25, -0.2) is 0 Å². The van der Waals surface area contributed by atoms with Gasteiger partial charge in [0.1, 0.15) is 0 Å². The van der Waals surface area contributed by atoms with Gasteiger partial charge in [0.2, 0.25) is 0 Å². The van der Waals surface area contributed by atoms with Crippen LogP contribution in [0.5, 0.6) is 0 Å².